The first-order valence-electron chi connectivity index (χ1n) is 21.6. The molecule has 4 aliphatic rings. The van der Waals surface area contributed by atoms with Crippen molar-refractivity contribution in [3.63, 3.8) is 0 Å². The third-order valence-corrected chi connectivity index (χ3v) is 12.6. The van der Waals surface area contributed by atoms with Gasteiger partial charge >= 0.3 is 5.97 Å². The number of phenols is 1. The molecule has 0 saturated carbocycles. The molecule has 14 nitrogen and oxygen atoms in total. The number of aliphatic carboxylic acids is 1. The molecule has 7 rings (SSSR count). The number of carboxylic acid groups (broad SMARTS) is 1. The summed E-state index contributed by atoms with van der Waals surface area (Å²) in [4.78, 5) is 24.7. The van der Waals surface area contributed by atoms with E-state index in [0.717, 1.165) is 69.3 Å². The lowest BCUT2D eigenvalue weighted by molar-refractivity contribution is -0.140. The standard InChI is InChI=1S/C41H61N9O5.C2H6/c1-29(2)39(41(52)53)37-27-38(45-55-37)54-25-24-46-14-10-31(11-15-46)49-18-12-32(13-19-49)48-16-8-30(9-17-48)28-47-20-22-50(23-21-47)35-26-34(43-44-40(35)42-3)33-6-4-5-7-36(33)51;1-2/h4-7,26-27,29-32,39,51H,8-25,28H2,1-3H3,(H,42,44)(H,52,53);1-2H3. The van der Waals surface area contributed by atoms with Crippen LogP contribution in [0, 0.1) is 11.8 Å². The van der Waals surface area contributed by atoms with Gasteiger partial charge in [-0.3, -0.25) is 14.6 Å². The molecule has 0 spiro atoms. The van der Waals surface area contributed by atoms with Crippen molar-refractivity contribution >= 4 is 17.5 Å². The number of para-hydroxylation sites is 1. The number of rotatable bonds is 14. The first-order chi connectivity index (χ1) is 27.7. The molecule has 4 fully saturated rings. The highest BCUT2D eigenvalue weighted by molar-refractivity contribution is 5.76. The number of piperazine rings is 1. The van der Waals surface area contributed by atoms with E-state index in [1.54, 1.807) is 12.1 Å². The number of aromatic hydroxyl groups is 1. The fourth-order valence-corrected chi connectivity index (χ4v) is 9.29. The number of carbonyl (C=O) groups is 1. The molecule has 14 heteroatoms. The van der Waals surface area contributed by atoms with Crippen LogP contribution >= 0.6 is 0 Å². The third-order valence-electron chi connectivity index (χ3n) is 12.6. The van der Waals surface area contributed by atoms with Crippen molar-refractivity contribution in [3.05, 3.63) is 42.2 Å². The Kier molecular flexibility index (Phi) is 15.4. The van der Waals surface area contributed by atoms with Crippen LogP contribution in [0.5, 0.6) is 11.6 Å². The van der Waals surface area contributed by atoms with Crippen molar-refractivity contribution in [2.45, 2.75) is 84.2 Å². The van der Waals surface area contributed by atoms with Crippen LogP contribution in [0.1, 0.15) is 77.9 Å². The maximum atomic E-state index is 11.6. The zero-order valence-electron chi connectivity index (χ0n) is 35.0. The van der Waals surface area contributed by atoms with Crippen molar-refractivity contribution in [2.75, 3.05) is 102 Å². The van der Waals surface area contributed by atoms with E-state index in [0.29, 0.717) is 35.5 Å². The minimum atomic E-state index is -0.907. The molecule has 1 atom stereocenters. The lowest BCUT2D eigenvalue weighted by Crippen LogP contribution is -2.53. The molecule has 1 aromatic carbocycles. The largest absolute Gasteiger partial charge is 0.507 e. The van der Waals surface area contributed by atoms with E-state index in [4.69, 9.17) is 9.26 Å². The molecule has 57 heavy (non-hydrogen) atoms. The van der Waals surface area contributed by atoms with Gasteiger partial charge in [-0.25, -0.2) is 0 Å². The van der Waals surface area contributed by atoms with Gasteiger partial charge in [-0.15, -0.1) is 10.2 Å². The molecular formula is C43H67N9O5. The maximum Gasteiger partial charge on any atom is 0.314 e. The second-order valence-corrected chi connectivity index (χ2v) is 16.3. The summed E-state index contributed by atoms with van der Waals surface area (Å²) in [6, 6.07) is 12.4. The van der Waals surface area contributed by atoms with E-state index in [2.05, 4.69) is 51.2 Å². The van der Waals surface area contributed by atoms with Crippen LogP contribution in [0.3, 0.4) is 0 Å². The third kappa shape index (κ3) is 11.0. The second-order valence-electron chi connectivity index (χ2n) is 16.3. The maximum absolute atomic E-state index is 11.6. The quantitative estimate of drug-likeness (QED) is 0.187. The van der Waals surface area contributed by atoms with Crippen LogP contribution in [-0.2, 0) is 4.79 Å². The molecule has 314 valence electrons. The molecule has 3 aromatic rings. The summed E-state index contributed by atoms with van der Waals surface area (Å²) in [5, 5.41) is 35.9. The van der Waals surface area contributed by atoms with E-state index in [1.807, 2.05) is 52.9 Å². The van der Waals surface area contributed by atoms with Crippen molar-refractivity contribution in [1.82, 2.24) is 35.0 Å². The van der Waals surface area contributed by atoms with Crippen molar-refractivity contribution in [2.24, 2.45) is 11.8 Å². The van der Waals surface area contributed by atoms with Gasteiger partial charge in [-0.05, 0) is 113 Å². The number of phenolic OH excluding ortho intramolecular Hbond substituents is 1. The van der Waals surface area contributed by atoms with Gasteiger partial charge < -0.3 is 39.5 Å². The molecule has 4 aliphatic heterocycles. The first kappa shape index (κ1) is 42.6. The number of nitrogens with zero attached hydrogens (tertiary/aromatic N) is 8. The Morgan fingerprint density at radius 3 is 2.11 bits per heavy atom. The van der Waals surface area contributed by atoms with Crippen LogP contribution in [-0.4, -0.2) is 155 Å². The summed E-state index contributed by atoms with van der Waals surface area (Å²) >= 11 is 0. The number of ether oxygens (including phenoxy) is 1. The normalized spacial score (nSPS) is 20.6. The zero-order chi connectivity index (χ0) is 40.3. The van der Waals surface area contributed by atoms with Gasteiger partial charge in [-0.2, -0.15) is 0 Å². The number of hydrogen-bond acceptors (Lipinski definition) is 13. The lowest BCUT2D eigenvalue weighted by Gasteiger charge is -2.46. The Balaban J connectivity index is 0.00000270. The van der Waals surface area contributed by atoms with Crippen LogP contribution in [0.15, 0.2) is 40.9 Å². The van der Waals surface area contributed by atoms with E-state index >= 15 is 0 Å². The van der Waals surface area contributed by atoms with Crippen LogP contribution in [0.25, 0.3) is 11.3 Å². The first-order valence-corrected chi connectivity index (χ1v) is 21.6. The van der Waals surface area contributed by atoms with Gasteiger partial charge in [0, 0.05) is 70.0 Å². The average molecular weight is 790 g/mol. The second kappa shape index (κ2) is 20.6. The summed E-state index contributed by atoms with van der Waals surface area (Å²) in [7, 11) is 1.89. The average Bonchev–Trinajstić information content (AvgIpc) is 3.70. The summed E-state index contributed by atoms with van der Waals surface area (Å²) in [6.45, 7) is 21.3. The van der Waals surface area contributed by atoms with Crippen LogP contribution < -0.4 is 15.0 Å². The van der Waals surface area contributed by atoms with Crippen LogP contribution in [0.2, 0.25) is 0 Å². The van der Waals surface area contributed by atoms with Gasteiger partial charge in [0.25, 0.3) is 5.88 Å². The van der Waals surface area contributed by atoms with Crippen molar-refractivity contribution in [1.29, 1.82) is 0 Å². The van der Waals surface area contributed by atoms with E-state index in [1.165, 1.54) is 71.2 Å². The molecular weight excluding hydrogens is 723 g/mol. The number of hydrogen-bond donors (Lipinski definition) is 3. The molecule has 0 bridgehead atoms. The van der Waals surface area contributed by atoms with Gasteiger partial charge in [-0.1, -0.05) is 39.8 Å². The number of aromatic nitrogens is 3. The smallest absolute Gasteiger partial charge is 0.314 e. The van der Waals surface area contributed by atoms with Crippen LogP contribution in [0.4, 0.5) is 11.5 Å². The van der Waals surface area contributed by atoms with E-state index in [-0.39, 0.29) is 11.7 Å². The number of nitrogens with one attached hydrogen (secondary N) is 1. The predicted molar refractivity (Wildman–Crippen MR) is 224 cm³/mol. The van der Waals surface area contributed by atoms with Gasteiger partial charge in [0.1, 0.15) is 18.3 Å². The summed E-state index contributed by atoms with van der Waals surface area (Å²) in [5.41, 5.74) is 2.43. The topological polar surface area (TPSA) is 147 Å². The zero-order valence-corrected chi connectivity index (χ0v) is 35.0. The summed E-state index contributed by atoms with van der Waals surface area (Å²) < 4.78 is 11.1. The van der Waals surface area contributed by atoms with E-state index in [9.17, 15) is 15.0 Å². The molecule has 4 saturated heterocycles. The highest BCUT2D eigenvalue weighted by atomic mass is 16.5. The minimum absolute atomic E-state index is 0.0900. The highest BCUT2D eigenvalue weighted by Crippen LogP contribution is 2.34. The Bertz CT molecular complexity index is 1670. The molecule has 6 heterocycles. The fraction of sp³-hybridized carbons (Fsp3) is 0.674. The molecule has 0 radical (unpaired) electrons. The molecule has 2 aromatic heterocycles. The van der Waals surface area contributed by atoms with Gasteiger partial charge in [0.15, 0.2) is 11.6 Å². The Labute approximate surface area is 339 Å². The minimum Gasteiger partial charge on any atom is -0.507 e. The number of benzene rings is 1. The predicted octanol–water partition coefficient (Wildman–Crippen LogP) is 5.57. The Hall–Kier alpha value is -3.98. The molecule has 0 amide bonds. The number of anilines is 2. The number of likely N-dealkylation sites (tertiary alicyclic amines) is 3. The highest BCUT2D eigenvalue weighted by Gasteiger charge is 2.33. The summed E-state index contributed by atoms with van der Waals surface area (Å²) in [6.07, 6.45) is 7.55. The monoisotopic (exact) mass is 790 g/mol. The number of carboxylic acids is 1. The molecule has 3 N–H and O–H groups in total. The van der Waals surface area contributed by atoms with Gasteiger partial charge in [0.05, 0.1) is 11.4 Å². The molecule has 1 unspecified atom stereocenters. The number of piperidine rings is 3. The Morgan fingerprint density at radius 2 is 1.49 bits per heavy atom. The fourth-order valence-electron chi connectivity index (χ4n) is 9.29. The van der Waals surface area contributed by atoms with Crippen molar-refractivity contribution < 1.29 is 24.3 Å². The molecule has 0 aliphatic carbocycles. The van der Waals surface area contributed by atoms with Crippen molar-refractivity contribution in [3.8, 4) is 22.9 Å². The Morgan fingerprint density at radius 1 is 0.860 bits per heavy atom. The SMILES string of the molecule is CC.CNc1nnc(-c2ccccc2O)cc1N1CCN(CC2CCN(C3CCN(C4CCN(CCOc5cc(C(C(=O)O)C(C)C)on5)CC4)CC3)CC2)CC1. The summed E-state index contributed by atoms with van der Waals surface area (Å²) in [5.74, 6) is 0.756. The van der Waals surface area contributed by atoms with E-state index < -0.39 is 11.9 Å². The lowest BCUT2D eigenvalue weighted by atomic mass is 9.92. The van der Waals surface area contributed by atoms with Gasteiger partial charge in [0.2, 0.25) is 0 Å².